The zero-order valence-corrected chi connectivity index (χ0v) is 20.1. The minimum Gasteiger partial charge on any atom is -0.399 e. The highest BCUT2D eigenvalue weighted by Crippen LogP contribution is 2.38. The Morgan fingerprint density at radius 3 is 1.81 bits per heavy atom. The topological polar surface area (TPSA) is 18.5 Å². The highest BCUT2D eigenvalue weighted by atomic mass is 16.7. The van der Waals surface area contributed by atoms with E-state index in [1.54, 1.807) is 0 Å². The van der Waals surface area contributed by atoms with Gasteiger partial charge in [0.25, 0.3) is 0 Å². The molecule has 0 aromatic heterocycles. The molecule has 1 heterocycles. The lowest BCUT2D eigenvalue weighted by atomic mass is 9.75. The van der Waals surface area contributed by atoms with Gasteiger partial charge in [0.05, 0.1) is 11.2 Å². The monoisotopic (exact) mass is 412 g/mol. The Morgan fingerprint density at radius 1 is 0.645 bits per heavy atom. The van der Waals surface area contributed by atoms with E-state index in [1.165, 1.54) is 44.5 Å². The van der Waals surface area contributed by atoms with Crippen molar-refractivity contribution >= 4 is 12.6 Å². The van der Waals surface area contributed by atoms with Crippen molar-refractivity contribution in [2.24, 2.45) is 0 Å². The van der Waals surface area contributed by atoms with Gasteiger partial charge in [0.1, 0.15) is 0 Å². The molecule has 0 saturated carbocycles. The number of rotatable bonds is 3. The first kappa shape index (κ1) is 21.9. The highest BCUT2D eigenvalue weighted by Gasteiger charge is 2.51. The molecule has 160 valence electrons. The van der Waals surface area contributed by atoms with Crippen LogP contribution in [0.4, 0.5) is 0 Å². The molecule has 0 atom stereocenters. The summed E-state index contributed by atoms with van der Waals surface area (Å²) >= 11 is 0. The molecule has 1 saturated heterocycles. The van der Waals surface area contributed by atoms with Gasteiger partial charge in [-0.25, -0.2) is 0 Å². The fourth-order valence-corrected chi connectivity index (χ4v) is 4.47. The van der Waals surface area contributed by atoms with E-state index in [-0.39, 0.29) is 11.2 Å². The maximum atomic E-state index is 6.42. The summed E-state index contributed by atoms with van der Waals surface area (Å²) in [4.78, 5) is 0. The molecule has 1 aliphatic heterocycles. The molecule has 1 aliphatic rings. The minimum atomic E-state index is -0.390. The number of hydrogen-bond donors (Lipinski definition) is 0. The fraction of sp³-hybridized carbons (Fsp3) is 0.357. The van der Waals surface area contributed by atoms with Crippen LogP contribution in [0.25, 0.3) is 22.3 Å². The van der Waals surface area contributed by atoms with Crippen molar-refractivity contribution < 1.29 is 9.31 Å². The average molecular weight is 412 g/mol. The lowest BCUT2D eigenvalue weighted by Gasteiger charge is -2.32. The van der Waals surface area contributed by atoms with Crippen molar-refractivity contribution in [3.63, 3.8) is 0 Å². The maximum Gasteiger partial charge on any atom is 0.494 e. The Bertz CT molecular complexity index is 1110. The Morgan fingerprint density at radius 2 is 1.23 bits per heavy atom. The van der Waals surface area contributed by atoms with Crippen LogP contribution in [0.2, 0.25) is 0 Å². The van der Waals surface area contributed by atoms with Crippen LogP contribution in [-0.2, 0) is 9.31 Å². The maximum absolute atomic E-state index is 6.42. The van der Waals surface area contributed by atoms with Crippen molar-refractivity contribution in [2.75, 3.05) is 0 Å². The van der Waals surface area contributed by atoms with Gasteiger partial charge in [0.15, 0.2) is 0 Å². The zero-order chi connectivity index (χ0) is 22.6. The van der Waals surface area contributed by atoms with Crippen LogP contribution in [0.5, 0.6) is 0 Å². The molecular formula is C28H33BO2. The van der Waals surface area contributed by atoms with Gasteiger partial charge >= 0.3 is 7.12 Å². The molecule has 3 aromatic carbocycles. The lowest BCUT2D eigenvalue weighted by molar-refractivity contribution is 0.00578. The molecule has 1 fully saturated rings. The van der Waals surface area contributed by atoms with E-state index in [0.29, 0.717) is 0 Å². The first-order chi connectivity index (χ1) is 14.5. The summed E-state index contributed by atoms with van der Waals surface area (Å²) in [6.07, 6.45) is 0. The van der Waals surface area contributed by atoms with Crippen molar-refractivity contribution in [2.45, 2.75) is 66.6 Å². The summed E-state index contributed by atoms with van der Waals surface area (Å²) in [5.74, 6) is 0. The average Bonchev–Trinajstić information content (AvgIpc) is 2.89. The Labute approximate surface area is 187 Å². The fourth-order valence-electron chi connectivity index (χ4n) is 4.47. The summed E-state index contributed by atoms with van der Waals surface area (Å²) < 4.78 is 12.8. The Kier molecular flexibility index (Phi) is 5.40. The third kappa shape index (κ3) is 3.97. The molecule has 0 N–H and O–H groups in total. The predicted molar refractivity (Wildman–Crippen MR) is 132 cm³/mol. The van der Waals surface area contributed by atoms with Gasteiger partial charge < -0.3 is 9.31 Å². The van der Waals surface area contributed by atoms with Gasteiger partial charge in [0, 0.05) is 0 Å². The molecular weight excluding hydrogens is 379 g/mol. The van der Waals surface area contributed by atoms with E-state index in [2.05, 4.69) is 110 Å². The Hall–Kier alpha value is -2.36. The van der Waals surface area contributed by atoms with E-state index < -0.39 is 7.12 Å². The molecule has 0 amide bonds. The smallest absolute Gasteiger partial charge is 0.399 e. The number of benzene rings is 3. The largest absolute Gasteiger partial charge is 0.494 e. The molecule has 31 heavy (non-hydrogen) atoms. The van der Waals surface area contributed by atoms with Gasteiger partial charge in [0.2, 0.25) is 0 Å². The Balaban J connectivity index is 1.92. The van der Waals surface area contributed by atoms with Gasteiger partial charge in [-0.3, -0.25) is 0 Å². The number of hydrogen-bond acceptors (Lipinski definition) is 2. The van der Waals surface area contributed by atoms with Crippen LogP contribution < -0.4 is 5.46 Å². The molecule has 4 rings (SSSR count). The highest BCUT2D eigenvalue weighted by molar-refractivity contribution is 6.62. The summed E-state index contributed by atoms with van der Waals surface area (Å²) in [6, 6.07) is 19.9. The van der Waals surface area contributed by atoms with Gasteiger partial charge in [-0.1, -0.05) is 54.1 Å². The molecule has 0 spiro atoms. The second-order valence-electron chi connectivity index (χ2n) is 10.0. The van der Waals surface area contributed by atoms with Crippen molar-refractivity contribution in [1.82, 2.24) is 0 Å². The molecule has 3 aromatic rings. The quantitative estimate of drug-likeness (QED) is 0.454. The van der Waals surface area contributed by atoms with Gasteiger partial charge in [-0.15, -0.1) is 0 Å². The third-order valence-electron chi connectivity index (χ3n) is 6.94. The van der Waals surface area contributed by atoms with Crippen LogP contribution in [0.1, 0.15) is 49.9 Å². The van der Waals surface area contributed by atoms with Crippen LogP contribution in [0, 0.1) is 27.7 Å². The predicted octanol–water partition coefficient (Wildman–Crippen LogP) is 6.55. The van der Waals surface area contributed by atoms with Gasteiger partial charge in [-0.05, 0) is 106 Å². The van der Waals surface area contributed by atoms with Crippen LogP contribution >= 0.6 is 0 Å². The molecule has 0 unspecified atom stereocenters. The first-order valence-corrected chi connectivity index (χ1v) is 11.1. The second kappa shape index (κ2) is 7.65. The summed E-state index contributed by atoms with van der Waals surface area (Å²) in [6.45, 7) is 17.1. The minimum absolute atomic E-state index is 0.369. The van der Waals surface area contributed by atoms with Crippen molar-refractivity contribution in [3.05, 3.63) is 76.9 Å². The number of aryl methyl sites for hydroxylation is 4. The van der Waals surface area contributed by atoms with Crippen LogP contribution in [0.15, 0.2) is 54.6 Å². The van der Waals surface area contributed by atoms with E-state index >= 15 is 0 Å². The molecule has 0 radical (unpaired) electrons. The first-order valence-electron chi connectivity index (χ1n) is 11.1. The van der Waals surface area contributed by atoms with E-state index in [1.807, 2.05) is 0 Å². The van der Waals surface area contributed by atoms with Crippen LogP contribution in [-0.4, -0.2) is 18.3 Å². The van der Waals surface area contributed by atoms with Crippen molar-refractivity contribution in [3.8, 4) is 22.3 Å². The molecule has 2 nitrogen and oxygen atoms in total. The van der Waals surface area contributed by atoms with Gasteiger partial charge in [-0.2, -0.15) is 0 Å². The standard InChI is InChI=1S/C28H33BO2/c1-18-12-13-25(21(4)14-18)22-15-23(26-19(2)10-9-11-20(26)3)17-24(16-22)29-30-27(5,6)28(7,8)31-29/h9-17H,1-8H3. The molecule has 0 aliphatic carbocycles. The third-order valence-corrected chi connectivity index (χ3v) is 6.94. The SMILES string of the molecule is Cc1ccc(-c2cc(B3OC(C)(C)C(C)(C)O3)cc(-c3c(C)cccc3C)c2)c(C)c1. The van der Waals surface area contributed by atoms with Crippen molar-refractivity contribution in [1.29, 1.82) is 0 Å². The summed E-state index contributed by atoms with van der Waals surface area (Å²) in [7, 11) is -0.390. The summed E-state index contributed by atoms with van der Waals surface area (Å²) in [5, 5.41) is 0. The van der Waals surface area contributed by atoms with Crippen LogP contribution in [0.3, 0.4) is 0 Å². The molecule has 0 bridgehead atoms. The normalized spacial score (nSPS) is 17.2. The van der Waals surface area contributed by atoms with E-state index in [9.17, 15) is 0 Å². The second-order valence-corrected chi connectivity index (χ2v) is 10.0. The zero-order valence-electron chi connectivity index (χ0n) is 20.1. The van der Waals surface area contributed by atoms with E-state index in [4.69, 9.17) is 9.31 Å². The molecule has 3 heteroatoms. The van der Waals surface area contributed by atoms with E-state index in [0.717, 1.165) is 5.46 Å². The lowest BCUT2D eigenvalue weighted by Crippen LogP contribution is -2.41. The summed E-state index contributed by atoms with van der Waals surface area (Å²) in [5.41, 5.74) is 10.4.